The number of hydrogen-bond donors (Lipinski definition) is 1. The van der Waals surface area contributed by atoms with Crippen molar-refractivity contribution in [2.45, 2.75) is 0 Å². The Morgan fingerprint density at radius 3 is 2.52 bits per heavy atom. The van der Waals surface area contributed by atoms with E-state index in [0.29, 0.717) is 47.7 Å². The Morgan fingerprint density at radius 1 is 1.08 bits per heavy atom. The lowest BCUT2D eigenvalue weighted by molar-refractivity contribution is -0.118. The molecule has 130 valence electrons. The lowest BCUT2D eigenvalue weighted by Crippen LogP contribution is -2.46. The van der Waals surface area contributed by atoms with E-state index >= 15 is 0 Å². The Balaban J connectivity index is 1.71. The van der Waals surface area contributed by atoms with Crippen molar-refractivity contribution in [3.63, 3.8) is 0 Å². The first-order valence-corrected chi connectivity index (χ1v) is 8.35. The lowest BCUT2D eigenvalue weighted by Gasteiger charge is -2.33. The van der Waals surface area contributed by atoms with Gasteiger partial charge in [-0.1, -0.05) is 23.2 Å². The molecule has 1 aliphatic rings. The van der Waals surface area contributed by atoms with Gasteiger partial charge < -0.3 is 15.1 Å². The average molecular weight is 380 g/mol. The predicted octanol–water partition coefficient (Wildman–Crippen LogP) is 2.31. The molecule has 3 rings (SSSR count). The maximum absolute atomic E-state index is 12.4. The van der Waals surface area contributed by atoms with Crippen LogP contribution in [0.2, 0.25) is 10.0 Å². The molecule has 7 nitrogen and oxygen atoms in total. The van der Waals surface area contributed by atoms with E-state index in [2.05, 4.69) is 15.3 Å². The predicted molar refractivity (Wildman–Crippen MR) is 96.3 cm³/mol. The summed E-state index contributed by atoms with van der Waals surface area (Å²) in [5.74, 6) is 0.286. The number of piperazine rings is 1. The van der Waals surface area contributed by atoms with Crippen LogP contribution in [-0.4, -0.2) is 53.4 Å². The number of carbonyl (C=O) groups excluding carboxylic acids is 2. The minimum absolute atomic E-state index is 0.244. The smallest absolute Gasteiger partial charge is 0.274 e. The number of benzene rings is 1. The van der Waals surface area contributed by atoms with Crippen molar-refractivity contribution < 1.29 is 9.59 Å². The van der Waals surface area contributed by atoms with E-state index < -0.39 is 0 Å². The highest BCUT2D eigenvalue weighted by Gasteiger charge is 2.18. The fourth-order valence-electron chi connectivity index (χ4n) is 2.47. The first-order valence-electron chi connectivity index (χ1n) is 7.59. The van der Waals surface area contributed by atoms with E-state index in [9.17, 15) is 9.59 Å². The van der Waals surface area contributed by atoms with Crippen LogP contribution in [0, 0.1) is 0 Å². The SMILES string of the molecule is O=CN1CCN(c2cc(C(=O)Nc3ccc(Cl)c(Cl)c3)ncn2)CC1. The molecular formula is C16H15Cl2N5O2. The lowest BCUT2D eigenvalue weighted by atomic mass is 10.2. The molecule has 0 bridgehead atoms. The zero-order chi connectivity index (χ0) is 17.8. The molecule has 2 heterocycles. The molecule has 1 N–H and O–H groups in total. The molecule has 9 heteroatoms. The van der Waals surface area contributed by atoms with Crippen LogP contribution in [-0.2, 0) is 4.79 Å². The third-order valence-electron chi connectivity index (χ3n) is 3.85. The quantitative estimate of drug-likeness (QED) is 0.824. The highest BCUT2D eigenvalue weighted by molar-refractivity contribution is 6.42. The van der Waals surface area contributed by atoms with Gasteiger partial charge in [0.1, 0.15) is 17.8 Å². The molecule has 0 spiro atoms. The number of nitrogens with zero attached hydrogens (tertiary/aromatic N) is 4. The first-order chi connectivity index (χ1) is 12.1. The van der Waals surface area contributed by atoms with Crippen LogP contribution in [0.1, 0.15) is 10.5 Å². The summed E-state index contributed by atoms with van der Waals surface area (Å²) in [5.41, 5.74) is 0.771. The Labute approximate surface area is 154 Å². The van der Waals surface area contributed by atoms with Gasteiger partial charge in [-0.3, -0.25) is 9.59 Å². The summed E-state index contributed by atoms with van der Waals surface area (Å²) < 4.78 is 0. The number of aromatic nitrogens is 2. The molecule has 0 radical (unpaired) electrons. The molecule has 2 amide bonds. The van der Waals surface area contributed by atoms with Gasteiger partial charge in [0, 0.05) is 37.9 Å². The zero-order valence-electron chi connectivity index (χ0n) is 13.2. The standard InChI is InChI=1S/C16H15Cl2N5O2/c17-12-2-1-11(7-13(12)18)21-16(25)14-8-15(20-9-19-14)23-5-3-22(10-24)4-6-23/h1-2,7-10H,3-6H2,(H,21,25). The monoisotopic (exact) mass is 379 g/mol. The molecule has 0 aliphatic carbocycles. The number of carbonyl (C=O) groups is 2. The number of halogens is 2. The molecule has 1 aromatic carbocycles. The molecule has 1 aromatic heterocycles. The van der Waals surface area contributed by atoms with Gasteiger partial charge in [-0.2, -0.15) is 0 Å². The van der Waals surface area contributed by atoms with Crippen molar-refractivity contribution in [3.8, 4) is 0 Å². The second-order valence-corrected chi connectivity index (χ2v) is 6.29. The third kappa shape index (κ3) is 4.18. The molecule has 1 fully saturated rings. The number of amides is 2. The minimum Gasteiger partial charge on any atom is -0.353 e. The Kier molecular flexibility index (Phi) is 5.35. The number of hydrogen-bond acceptors (Lipinski definition) is 5. The van der Waals surface area contributed by atoms with E-state index in [0.717, 1.165) is 6.41 Å². The summed E-state index contributed by atoms with van der Waals surface area (Å²) in [4.78, 5) is 35.1. The van der Waals surface area contributed by atoms with E-state index in [1.54, 1.807) is 29.2 Å². The van der Waals surface area contributed by atoms with E-state index in [4.69, 9.17) is 23.2 Å². The molecule has 0 unspecified atom stereocenters. The summed E-state index contributed by atoms with van der Waals surface area (Å²) in [5, 5.41) is 3.50. The van der Waals surface area contributed by atoms with Gasteiger partial charge in [0.2, 0.25) is 6.41 Å². The van der Waals surface area contributed by atoms with Crippen LogP contribution in [0.4, 0.5) is 11.5 Å². The molecule has 1 aliphatic heterocycles. The van der Waals surface area contributed by atoms with Crippen LogP contribution in [0.15, 0.2) is 30.6 Å². The Bertz CT molecular complexity index is 794. The summed E-state index contributed by atoms with van der Waals surface area (Å²) in [6.45, 7) is 2.56. The van der Waals surface area contributed by atoms with Crippen LogP contribution in [0.5, 0.6) is 0 Å². The van der Waals surface area contributed by atoms with Crippen molar-refractivity contribution in [1.82, 2.24) is 14.9 Å². The van der Waals surface area contributed by atoms with Gasteiger partial charge in [0.05, 0.1) is 10.0 Å². The Morgan fingerprint density at radius 2 is 1.84 bits per heavy atom. The van der Waals surface area contributed by atoms with Crippen LogP contribution >= 0.6 is 23.2 Å². The van der Waals surface area contributed by atoms with Crippen LogP contribution < -0.4 is 10.2 Å². The highest BCUT2D eigenvalue weighted by Crippen LogP contribution is 2.25. The van der Waals surface area contributed by atoms with Gasteiger partial charge in [-0.25, -0.2) is 9.97 Å². The topological polar surface area (TPSA) is 78.4 Å². The maximum Gasteiger partial charge on any atom is 0.274 e. The molecular weight excluding hydrogens is 365 g/mol. The van der Waals surface area contributed by atoms with Crippen molar-refractivity contribution in [1.29, 1.82) is 0 Å². The van der Waals surface area contributed by atoms with Gasteiger partial charge in [-0.15, -0.1) is 0 Å². The number of anilines is 2. The van der Waals surface area contributed by atoms with Gasteiger partial charge in [0.25, 0.3) is 5.91 Å². The van der Waals surface area contributed by atoms with Crippen molar-refractivity contribution in [2.24, 2.45) is 0 Å². The van der Waals surface area contributed by atoms with Gasteiger partial charge in [-0.05, 0) is 18.2 Å². The van der Waals surface area contributed by atoms with Crippen LogP contribution in [0.25, 0.3) is 0 Å². The van der Waals surface area contributed by atoms with E-state index in [-0.39, 0.29) is 11.6 Å². The molecule has 0 saturated carbocycles. The summed E-state index contributed by atoms with van der Waals surface area (Å²) >= 11 is 11.8. The maximum atomic E-state index is 12.4. The molecule has 1 saturated heterocycles. The Hall–Kier alpha value is -2.38. The minimum atomic E-state index is -0.367. The second-order valence-electron chi connectivity index (χ2n) is 5.47. The molecule has 0 atom stereocenters. The fourth-order valence-corrected chi connectivity index (χ4v) is 2.77. The van der Waals surface area contributed by atoms with Crippen molar-refractivity contribution in [2.75, 3.05) is 36.4 Å². The fraction of sp³-hybridized carbons (Fsp3) is 0.250. The number of nitrogens with one attached hydrogen (secondary N) is 1. The van der Waals surface area contributed by atoms with Gasteiger partial charge in [0.15, 0.2) is 0 Å². The summed E-state index contributed by atoms with van der Waals surface area (Å²) in [6, 6.07) is 6.47. The van der Waals surface area contributed by atoms with Crippen LogP contribution in [0.3, 0.4) is 0 Å². The van der Waals surface area contributed by atoms with E-state index in [1.807, 2.05) is 4.90 Å². The highest BCUT2D eigenvalue weighted by atomic mass is 35.5. The zero-order valence-corrected chi connectivity index (χ0v) is 14.7. The van der Waals surface area contributed by atoms with Gasteiger partial charge >= 0.3 is 0 Å². The van der Waals surface area contributed by atoms with E-state index in [1.165, 1.54) is 6.33 Å². The number of rotatable bonds is 4. The first kappa shape index (κ1) is 17.4. The molecule has 2 aromatic rings. The van der Waals surface area contributed by atoms with Crippen molar-refractivity contribution >= 4 is 47.0 Å². The largest absolute Gasteiger partial charge is 0.353 e. The summed E-state index contributed by atoms with van der Waals surface area (Å²) in [7, 11) is 0. The third-order valence-corrected chi connectivity index (χ3v) is 4.59. The normalized spacial score (nSPS) is 14.3. The summed E-state index contributed by atoms with van der Waals surface area (Å²) in [6.07, 6.45) is 2.19. The average Bonchev–Trinajstić information content (AvgIpc) is 2.65. The molecule has 25 heavy (non-hydrogen) atoms. The van der Waals surface area contributed by atoms with Crippen molar-refractivity contribution in [3.05, 3.63) is 46.3 Å². The second kappa shape index (κ2) is 7.67.